The Kier molecular flexibility index (Phi) is 8.72. The first-order valence-corrected chi connectivity index (χ1v) is 8.48. The lowest BCUT2D eigenvalue weighted by atomic mass is 10.0. The van der Waals surface area contributed by atoms with Crippen LogP contribution in [-0.4, -0.2) is 44.1 Å². The van der Waals surface area contributed by atoms with Crippen LogP contribution in [0.25, 0.3) is 0 Å². The Morgan fingerprint density at radius 3 is 2.60 bits per heavy atom. The highest BCUT2D eigenvalue weighted by molar-refractivity contribution is 5.99. The van der Waals surface area contributed by atoms with E-state index in [0.717, 1.165) is 25.9 Å². The lowest BCUT2D eigenvalue weighted by molar-refractivity contribution is -0.124. The summed E-state index contributed by atoms with van der Waals surface area (Å²) in [5.74, 6) is 0.0413. The van der Waals surface area contributed by atoms with Crippen LogP contribution in [0.2, 0.25) is 0 Å². The van der Waals surface area contributed by atoms with Crippen molar-refractivity contribution in [3.05, 3.63) is 29.8 Å². The molecular formula is C18H28ClN3O3. The predicted molar refractivity (Wildman–Crippen MR) is 100 cm³/mol. The van der Waals surface area contributed by atoms with E-state index in [1.165, 1.54) is 7.11 Å². The third kappa shape index (κ3) is 5.90. The van der Waals surface area contributed by atoms with Crippen molar-refractivity contribution in [1.29, 1.82) is 0 Å². The topological polar surface area (TPSA) is 79.5 Å². The van der Waals surface area contributed by atoms with Gasteiger partial charge in [0.15, 0.2) is 0 Å². The smallest absolute Gasteiger partial charge is 0.255 e. The third-order valence-electron chi connectivity index (χ3n) is 4.23. The zero-order valence-electron chi connectivity index (χ0n) is 15.0. The number of carbonyl (C=O) groups is 2. The molecule has 0 aliphatic carbocycles. The highest BCUT2D eigenvalue weighted by Gasteiger charge is 2.27. The second-order valence-electron chi connectivity index (χ2n) is 6.45. The Hall–Kier alpha value is -1.79. The average molecular weight is 370 g/mol. The number of ether oxygens (including phenoxy) is 1. The monoisotopic (exact) mass is 369 g/mol. The first-order valence-electron chi connectivity index (χ1n) is 8.48. The van der Waals surface area contributed by atoms with Crippen molar-refractivity contribution in [1.82, 2.24) is 16.0 Å². The van der Waals surface area contributed by atoms with Gasteiger partial charge in [-0.25, -0.2) is 0 Å². The van der Waals surface area contributed by atoms with Gasteiger partial charge >= 0.3 is 0 Å². The van der Waals surface area contributed by atoms with E-state index in [1.54, 1.807) is 24.3 Å². The number of para-hydroxylation sites is 1. The summed E-state index contributed by atoms with van der Waals surface area (Å²) in [7, 11) is 1.52. The number of piperidine rings is 1. The van der Waals surface area contributed by atoms with E-state index >= 15 is 0 Å². The minimum Gasteiger partial charge on any atom is -0.496 e. The van der Waals surface area contributed by atoms with E-state index in [0.29, 0.717) is 11.3 Å². The van der Waals surface area contributed by atoms with Crippen LogP contribution < -0.4 is 20.7 Å². The summed E-state index contributed by atoms with van der Waals surface area (Å²) in [6.07, 6.45) is 2.01. The second-order valence-corrected chi connectivity index (χ2v) is 6.45. The molecule has 2 rings (SSSR count). The van der Waals surface area contributed by atoms with Crippen LogP contribution in [0.3, 0.4) is 0 Å². The van der Waals surface area contributed by atoms with E-state index in [1.807, 2.05) is 13.8 Å². The number of benzene rings is 1. The number of carbonyl (C=O) groups excluding carboxylic acids is 2. The second kappa shape index (κ2) is 10.3. The Morgan fingerprint density at radius 1 is 1.28 bits per heavy atom. The fourth-order valence-electron chi connectivity index (χ4n) is 2.85. The van der Waals surface area contributed by atoms with Crippen LogP contribution in [0.4, 0.5) is 0 Å². The molecule has 25 heavy (non-hydrogen) atoms. The van der Waals surface area contributed by atoms with E-state index < -0.39 is 6.04 Å². The Bertz CT molecular complexity index is 574. The zero-order chi connectivity index (χ0) is 17.5. The summed E-state index contributed by atoms with van der Waals surface area (Å²) < 4.78 is 5.22. The van der Waals surface area contributed by atoms with Gasteiger partial charge in [0.1, 0.15) is 11.8 Å². The van der Waals surface area contributed by atoms with Crippen molar-refractivity contribution in [3.8, 4) is 5.75 Å². The van der Waals surface area contributed by atoms with E-state index in [4.69, 9.17) is 4.74 Å². The molecule has 6 nitrogen and oxygen atoms in total. The molecule has 3 N–H and O–H groups in total. The lowest BCUT2D eigenvalue weighted by Crippen LogP contribution is -2.54. The normalized spacial score (nSPS) is 18.0. The molecule has 140 valence electrons. The molecular weight excluding hydrogens is 342 g/mol. The van der Waals surface area contributed by atoms with Crippen molar-refractivity contribution < 1.29 is 14.3 Å². The van der Waals surface area contributed by atoms with Gasteiger partial charge in [0.2, 0.25) is 5.91 Å². The number of nitrogens with one attached hydrogen (secondary N) is 3. The maximum Gasteiger partial charge on any atom is 0.255 e. The van der Waals surface area contributed by atoms with Crippen LogP contribution in [0, 0.1) is 5.92 Å². The molecule has 0 aromatic heterocycles. The molecule has 0 bridgehead atoms. The van der Waals surface area contributed by atoms with Crippen molar-refractivity contribution in [2.75, 3.05) is 20.2 Å². The lowest BCUT2D eigenvalue weighted by Gasteiger charge is -2.28. The minimum absolute atomic E-state index is 0. The number of halogens is 1. The molecule has 7 heteroatoms. The van der Waals surface area contributed by atoms with Gasteiger partial charge in [0.25, 0.3) is 5.91 Å². The van der Waals surface area contributed by atoms with E-state index in [-0.39, 0.29) is 36.2 Å². The van der Waals surface area contributed by atoms with Crippen LogP contribution >= 0.6 is 12.4 Å². The van der Waals surface area contributed by atoms with Gasteiger partial charge in [-0.05, 0) is 37.4 Å². The molecule has 2 amide bonds. The molecule has 2 atom stereocenters. The molecule has 1 aliphatic rings. The summed E-state index contributed by atoms with van der Waals surface area (Å²) in [5, 5.41) is 9.16. The maximum atomic E-state index is 12.6. The molecule has 0 spiro atoms. The van der Waals surface area contributed by atoms with Gasteiger partial charge < -0.3 is 20.7 Å². The fourth-order valence-corrected chi connectivity index (χ4v) is 2.85. The van der Waals surface area contributed by atoms with Gasteiger partial charge in [-0.15, -0.1) is 12.4 Å². The molecule has 1 saturated heterocycles. The minimum atomic E-state index is -0.579. The van der Waals surface area contributed by atoms with Gasteiger partial charge in [0, 0.05) is 12.6 Å². The van der Waals surface area contributed by atoms with Gasteiger partial charge in [-0.2, -0.15) is 0 Å². The van der Waals surface area contributed by atoms with Crippen molar-refractivity contribution in [2.24, 2.45) is 5.92 Å². The van der Waals surface area contributed by atoms with E-state index in [2.05, 4.69) is 16.0 Å². The summed E-state index contributed by atoms with van der Waals surface area (Å²) in [4.78, 5) is 25.1. The molecule has 1 fully saturated rings. The molecule has 1 heterocycles. The quantitative estimate of drug-likeness (QED) is 0.713. The Balaban J connectivity index is 0.00000312. The van der Waals surface area contributed by atoms with Gasteiger partial charge in [-0.3, -0.25) is 9.59 Å². The molecule has 0 radical (unpaired) electrons. The number of hydrogen-bond donors (Lipinski definition) is 3. The van der Waals surface area contributed by atoms with Gasteiger partial charge in [0.05, 0.1) is 12.7 Å². The molecule has 1 aromatic rings. The van der Waals surface area contributed by atoms with Crippen LogP contribution in [-0.2, 0) is 4.79 Å². The molecule has 0 saturated carbocycles. The SMILES string of the molecule is COc1ccccc1C(=O)NC(C(=O)N[C@H]1CCCNC1)C(C)C.Cl. The highest BCUT2D eigenvalue weighted by Crippen LogP contribution is 2.17. The van der Waals surface area contributed by atoms with Crippen molar-refractivity contribution >= 4 is 24.2 Å². The zero-order valence-corrected chi connectivity index (χ0v) is 15.8. The first kappa shape index (κ1) is 21.3. The molecule has 1 unspecified atom stereocenters. The summed E-state index contributed by atoms with van der Waals surface area (Å²) in [5.41, 5.74) is 0.429. The predicted octanol–water partition coefficient (Wildman–Crippen LogP) is 1.74. The van der Waals surface area contributed by atoms with Gasteiger partial charge in [-0.1, -0.05) is 26.0 Å². The Labute approximate surface area is 155 Å². The standard InChI is InChI=1S/C18H27N3O3.ClH/c1-12(2)16(18(23)20-13-7-6-10-19-11-13)21-17(22)14-8-4-5-9-15(14)24-3;/h4-5,8-9,12-13,16,19H,6-7,10-11H2,1-3H3,(H,20,23)(H,21,22);1H/t13-,16?;/m0./s1. The Morgan fingerprint density at radius 2 is 2.00 bits per heavy atom. The average Bonchev–Trinajstić information content (AvgIpc) is 2.59. The van der Waals surface area contributed by atoms with Crippen molar-refractivity contribution in [2.45, 2.75) is 38.8 Å². The van der Waals surface area contributed by atoms with Crippen molar-refractivity contribution in [3.63, 3.8) is 0 Å². The summed E-state index contributed by atoms with van der Waals surface area (Å²) in [6, 6.07) is 6.54. The number of methoxy groups -OCH3 is 1. The number of amides is 2. The molecule has 1 aromatic carbocycles. The first-order chi connectivity index (χ1) is 11.5. The van der Waals surface area contributed by atoms with Crippen LogP contribution in [0.15, 0.2) is 24.3 Å². The molecule has 1 aliphatic heterocycles. The van der Waals surface area contributed by atoms with E-state index in [9.17, 15) is 9.59 Å². The largest absolute Gasteiger partial charge is 0.496 e. The third-order valence-corrected chi connectivity index (χ3v) is 4.23. The summed E-state index contributed by atoms with van der Waals surface area (Å²) in [6.45, 7) is 5.61. The van der Waals surface area contributed by atoms with Crippen LogP contribution in [0.5, 0.6) is 5.75 Å². The van der Waals surface area contributed by atoms with Crippen LogP contribution in [0.1, 0.15) is 37.0 Å². The maximum absolute atomic E-state index is 12.6. The fraction of sp³-hybridized carbons (Fsp3) is 0.556. The summed E-state index contributed by atoms with van der Waals surface area (Å²) >= 11 is 0. The number of hydrogen-bond acceptors (Lipinski definition) is 4. The highest BCUT2D eigenvalue weighted by atomic mass is 35.5. The number of rotatable bonds is 6.